The lowest BCUT2D eigenvalue weighted by molar-refractivity contribution is 0.267. The Morgan fingerprint density at radius 1 is 1.21 bits per heavy atom. The van der Waals surface area contributed by atoms with Crippen molar-refractivity contribution in [3.8, 4) is 0 Å². The molecule has 1 fully saturated rings. The van der Waals surface area contributed by atoms with Gasteiger partial charge in [-0.1, -0.05) is 12.6 Å². The molecule has 8 heteroatoms. The normalized spacial score (nSPS) is 20.0. The highest BCUT2D eigenvalue weighted by molar-refractivity contribution is 7.92. The summed E-state index contributed by atoms with van der Waals surface area (Å²) in [5.41, 5.74) is 1.81. The Hall–Kier alpha value is -1.22. The summed E-state index contributed by atoms with van der Waals surface area (Å²) in [5.74, 6) is -0.0471. The summed E-state index contributed by atoms with van der Waals surface area (Å²) >= 11 is 0. The zero-order valence-electron chi connectivity index (χ0n) is 14.0. The van der Waals surface area contributed by atoms with Crippen LogP contribution >= 0.6 is 0 Å². The Labute approximate surface area is 144 Å². The smallest absolute Gasteiger partial charge is 0.211 e. The number of nitrogens with zero attached hydrogens (tertiary/aromatic N) is 1. The minimum absolute atomic E-state index is 0.0471. The van der Waals surface area contributed by atoms with E-state index in [0.29, 0.717) is 24.4 Å². The third kappa shape index (κ3) is 4.66. The molecule has 0 bridgehead atoms. The molecule has 0 unspecified atom stereocenters. The molecule has 1 aromatic carbocycles. The Morgan fingerprint density at radius 2 is 1.83 bits per heavy atom. The standard InChI is InChI=1S/C16H24N2O4S2/c1-4-23(19,20)17-11-15-6-5-7-18(12-15)24(21,22)16-9-13(2)8-14(3)10-16/h4,8-10,15,17H,1,5-7,11-12H2,2-3H3/t15-/m1/s1. The highest BCUT2D eigenvalue weighted by Gasteiger charge is 2.30. The van der Waals surface area contributed by atoms with Crippen molar-refractivity contribution in [1.82, 2.24) is 9.03 Å². The third-order valence-electron chi connectivity index (χ3n) is 4.11. The van der Waals surface area contributed by atoms with E-state index in [4.69, 9.17) is 0 Å². The maximum Gasteiger partial charge on any atom is 0.243 e. The molecule has 0 aromatic heterocycles. The van der Waals surface area contributed by atoms with Crippen LogP contribution in [0.1, 0.15) is 24.0 Å². The predicted molar refractivity (Wildman–Crippen MR) is 94.5 cm³/mol. The van der Waals surface area contributed by atoms with Crippen LogP contribution in [0.15, 0.2) is 35.1 Å². The molecule has 1 heterocycles. The van der Waals surface area contributed by atoms with E-state index in [1.807, 2.05) is 19.9 Å². The van der Waals surface area contributed by atoms with Crippen molar-refractivity contribution in [2.24, 2.45) is 5.92 Å². The Balaban J connectivity index is 2.14. The van der Waals surface area contributed by atoms with Crippen LogP contribution in [0, 0.1) is 19.8 Å². The van der Waals surface area contributed by atoms with E-state index in [0.717, 1.165) is 23.0 Å². The third-order valence-corrected chi connectivity index (χ3v) is 6.96. The van der Waals surface area contributed by atoms with Crippen LogP contribution < -0.4 is 4.72 Å². The first-order valence-corrected chi connectivity index (χ1v) is 10.8. The molecule has 1 N–H and O–H groups in total. The van der Waals surface area contributed by atoms with Gasteiger partial charge in [0.25, 0.3) is 0 Å². The maximum absolute atomic E-state index is 12.9. The minimum Gasteiger partial charge on any atom is -0.211 e. The van der Waals surface area contributed by atoms with Crippen molar-refractivity contribution in [1.29, 1.82) is 0 Å². The molecule has 0 aliphatic carbocycles. The Bertz CT molecular complexity index is 796. The molecule has 1 aromatic rings. The van der Waals surface area contributed by atoms with Gasteiger partial charge in [-0.25, -0.2) is 21.6 Å². The summed E-state index contributed by atoms with van der Waals surface area (Å²) in [6, 6.07) is 5.28. The number of aryl methyl sites for hydroxylation is 2. The fourth-order valence-electron chi connectivity index (χ4n) is 2.94. The SMILES string of the molecule is C=CS(=O)(=O)NC[C@H]1CCCN(S(=O)(=O)c2cc(C)cc(C)c2)C1. The van der Waals surface area contributed by atoms with E-state index < -0.39 is 20.0 Å². The van der Waals surface area contributed by atoms with Gasteiger partial charge in [0.2, 0.25) is 20.0 Å². The van der Waals surface area contributed by atoms with E-state index in [1.165, 1.54) is 4.31 Å². The first kappa shape index (κ1) is 19.1. The number of hydrogen-bond donors (Lipinski definition) is 1. The summed E-state index contributed by atoms with van der Waals surface area (Å²) in [5, 5.41) is 0.861. The minimum atomic E-state index is -3.56. The number of hydrogen-bond acceptors (Lipinski definition) is 4. The highest BCUT2D eigenvalue weighted by atomic mass is 32.2. The van der Waals surface area contributed by atoms with Gasteiger partial charge >= 0.3 is 0 Å². The van der Waals surface area contributed by atoms with Gasteiger partial charge in [-0.05, 0) is 55.9 Å². The van der Waals surface area contributed by atoms with Crippen LogP contribution in [0.25, 0.3) is 0 Å². The first-order valence-electron chi connectivity index (χ1n) is 7.84. The molecule has 1 saturated heterocycles. The average Bonchev–Trinajstić information content (AvgIpc) is 2.52. The Kier molecular flexibility index (Phi) is 5.85. The van der Waals surface area contributed by atoms with E-state index in [-0.39, 0.29) is 12.5 Å². The van der Waals surface area contributed by atoms with Crippen LogP contribution in [0.2, 0.25) is 0 Å². The summed E-state index contributed by atoms with van der Waals surface area (Å²) in [6.45, 7) is 7.98. The molecule has 0 spiro atoms. The molecule has 6 nitrogen and oxygen atoms in total. The maximum atomic E-state index is 12.9. The van der Waals surface area contributed by atoms with Crippen molar-refractivity contribution < 1.29 is 16.8 Å². The van der Waals surface area contributed by atoms with Crippen molar-refractivity contribution >= 4 is 20.0 Å². The molecule has 134 valence electrons. The van der Waals surface area contributed by atoms with Crippen LogP contribution in [0.5, 0.6) is 0 Å². The number of sulfonamides is 2. The van der Waals surface area contributed by atoms with Crippen LogP contribution in [-0.2, 0) is 20.0 Å². The molecule has 24 heavy (non-hydrogen) atoms. The van der Waals surface area contributed by atoms with E-state index >= 15 is 0 Å². The zero-order chi connectivity index (χ0) is 18.0. The first-order chi connectivity index (χ1) is 11.1. The number of rotatable bonds is 6. The highest BCUT2D eigenvalue weighted by Crippen LogP contribution is 2.25. The van der Waals surface area contributed by atoms with Gasteiger partial charge in [-0.3, -0.25) is 0 Å². The second-order valence-electron chi connectivity index (χ2n) is 6.25. The summed E-state index contributed by atoms with van der Waals surface area (Å²) in [7, 11) is -7.05. The van der Waals surface area contributed by atoms with E-state index in [2.05, 4.69) is 11.3 Å². The molecule has 1 atom stereocenters. The van der Waals surface area contributed by atoms with Crippen molar-refractivity contribution in [2.45, 2.75) is 31.6 Å². The molecule has 1 aliphatic rings. The number of benzene rings is 1. The van der Waals surface area contributed by atoms with Gasteiger partial charge < -0.3 is 0 Å². The topological polar surface area (TPSA) is 83.6 Å². The Morgan fingerprint density at radius 3 is 2.42 bits per heavy atom. The van der Waals surface area contributed by atoms with E-state index in [9.17, 15) is 16.8 Å². The average molecular weight is 373 g/mol. The van der Waals surface area contributed by atoms with Crippen molar-refractivity contribution in [2.75, 3.05) is 19.6 Å². The molecular weight excluding hydrogens is 348 g/mol. The molecule has 0 radical (unpaired) electrons. The summed E-state index contributed by atoms with van der Waals surface area (Å²) in [4.78, 5) is 0.298. The molecule has 2 rings (SSSR count). The lowest BCUT2D eigenvalue weighted by Gasteiger charge is -2.32. The second kappa shape index (κ2) is 7.35. The fourth-order valence-corrected chi connectivity index (χ4v) is 5.27. The monoisotopic (exact) mass is 372 g/mol. The molecule has 0 amide bonds. The van der Waals surface area contributed by atoms with Crippen LogP contribution in [0.4, 0.5) is 0 Å². The predicted octanol–water partition coefficient (Wildman–Crippen LogP) is 1.77. The van der Waals surface area contributed by atoms with Gasteiger partial charge in [0.15, 0.2) is 0 Å². The summed E-state index contributed by atoms with van der Waals surface area (Å²) < 4.78 is 52.5. The van der Waals surface area contributed by atoms with Crippen molar-refractivity contribution in [3.05, 3.63) is 41.3 Å². The quantitative estimate of drug-likeness (QED) is 0.825. The van der Waals surface area contributed by atoms with Crippen molar-refractivity contribution in [3.63, 3.8) is 0 Å². The van der Waals surface area contributed by atoms with Gasteiger partial charge in [0.05, 0.1) is 4.90 Å². The molecule has 0 saturated carbocycles. The van der Waals surface area contributed by atoms with Gasteiger partial charge in [0, 0.05) is 25.0 Å². The lowest BCUT2D eigenvalue weighted by atomic mass is 10.0. The van der Waals surface area contributed by atoms with Crippen LogP contribution in [-0.4, -0.2) is 40.8 Å². The zero-order valence-corrected chi connectivity index (χ0v) is 15.7. The second-order valence-corrected chi connectivity index (χ2v) is 9.90. The van der Waals surface area contributed by atoms with Gasteiger partial charge in [-0.2, -0.15) is 4.31 Å². The van der Waals surface area contributed by atoms with Crippen LogP contribution in [0.3, 0.4) is 0 Å². The molecule has 1 aliphatic heterocycles. The van der Waals surface area contributed by atoms with Gasteiger partial charge in [-0.15, -0.1) is 0 Å². The number of piperidine rings is 1. The summed E-state index contributed by atoms with van der Waals surface area (Å²) in [6.07, 6.45) is 1.50. The lowest BCUT2D eigenvalue weighted by Crippen LogP contribution is -2.43. The largest absolute Gasteiger partial charge is 0.243 e. The van der Waals surface area contributed by atoms with E-state index in [1.54, 1.807) is 12.1 Å². The number of nitrogens with one attached hydrogen (secondary N) is 1. The van der Waals surface area contributed by atoms with Gasteiger partial charge in [0.1, 0.15) is 0 Å². The molecular formula is C16H24N2O4S2. The fraction of sp³-hybridized carbons (Fsp3) is 0.500.